The lowest BCUT2D eigenvalue weighted by atomic mass is 10.1. The van der Waals surface area contributed by atoms with Crippen molar-refractivity contribution in [1.29, 1.82) is 0 Å². The van der Waals surface area contributed by atoms with E-state index >= 15 is 0 Å². The summed E-state index contributed by atoms with van der Waals surface area (Å²) < 4.78 is 5.86. The Labute approximate surface area is 134 Å². The van der Waals surface area contributed by atoms with Crippen LogP contribution in [-0.4, -0.2) is 29.6 Å². The van der Waals surface area contributed by atoms with E-state index in [0.29, 0.717) is 11.6 Å². The van der Waals surface area contributed by atoms with Crippen LogP contribution in [0.2, 0.25) is 0 Å². The molecule has 1 aromatic heterocycles. The monoisotopic (exact) mass is 318 g/mol. The van der Waals surface area contributed by atoms with Gasteiger partial charge in [0.15, 0.2) is 0 Å². The van der Waals surface area contributed by atoms with Crippen molar-refractivity contribution in [2.45, 2.75) is 13.0 Å². The van der Waals surface area contributed by atoms with Gasteiger partial charge in [-0.15, -0.1) is 11.3 Å². The second-order valence-corrected chi connectivity index (χ2v) is 6.54. The largest absolute Gasteiger partial charge is 0.492 e. The molecule has 0 amide bonds. The third-order valence-corrected chi connectivity index (χ3v) is 4.95. The van der Waals surface area contributed by atoms with Crippen LogP contribution in [0.25, 0.3) is 0 Å². The molecule has 0 saturated heterocycles. The number of thiocarbonyl (C=S) groups is 1. The maximum Gasteiger partial charge on any atom is 0.129 e. The Kier molecular flexibility index (Phi) is 4.53. The van der Waals surface area contributed by atoms with Crippen molar-refractivity contribution >= 4 is 28.5 Å². The van der Waals surface area contributed by atoms with E-state index in [9.17, 15) is 0 Å². The minimum absolute atomic E-state index is 0.381. The summed E-state index contributed by atoms with van der Waals surface area (Å²) in [5, 5.41) is 2.18. The summed E-state index contributed by atoms with van der Waals surface area (Å²) in [5.74, 6) is 0.776. The fourth-order valence-electron chi connectivity index (χ4n) is 2.58. The second-order valence-electron chi connectivity index (χ2n) is 5.10. The first-order valence-electron chi connectivity index (χ1n) is 7.03. The summed E-state index contributed by atoms with van der Waals surface area (Å²) in [7, 11) is 0. The third kappa shape index (κ3) is 3.43. The molecule has 0 atom stereocenters. The number of fused-ring (bicyclic) bond motifs is 1. The fourth-order valence-corrected chi connectivity index (χ4v) is 3.64. The van der Waals surface area contributed by atoms with Crippen LogP contribution in [0.15, 0.2) is 35.7 Å². The molecule has 3 rings (SSSR count). The molecule has 0 fully saturated rings. The van der Waals surface area contributed by atoms with E-state index < -0.39 is 0 Å². The van der Waals surface area contributed by atoms with Gasteiger partial charge in [0, 0.05) is 24.5 Å². The maximum atomic E-state index is 5.86. The summed E-state index contributed by atoms with van der Waals surface area (Å²) in [5.41, 5.74) is 7.99. The molecule has 2 heterocycles. The van der Waals surface area contributed by atoms with Gasteiger partial charge in [-0.25, -0.2) is 0 Å². The molecule has 5 heteroatoms. The summed E-state index contributed by atoms with van der Waals surface area (Å²) >= 11 is 6.91. The molecule has 0 saturated carbocycles. The molecular formula is C16H18N2OS2. The number of ether oxygens (including phenoxy) is 1. The minimum Gasteiger partial charge on any atom is -0.492 e. The average molecular weight is 318 g/mol. The van der Waals surface area contributed by atoms with E-state index in [0.717, 1.165) is 37.4 Å². The first-order valence-corrected chi connectivity index (χ1v) is 8.32. The van der Waals surface area contributed by atoms with Crippen LogP contribution < -0.4 is 10.5 Å². The quantitative estimate of drug-likeness (QED) is 0.861. The molecule has 0 aliphatic carbocycles. The van der Waals surface area contributed by atoms with Crippen molar-refractivity contribution in [3.05, 3.63) is 51.7 Å². The molecule has 2 N–H and O–H groups in total. The highest BCUT2D eigenvalue weighted by atomic mass is 32.1. The van der Waals surface area contributed by atoms with Crippen LogP contribution in [0.1, 0.15) is 16.0 Å². The molecule has 0 radical (unpaired) electrons. The lowest BCUT2D eigenvalue weighted by Crippen LogP contribution is -2.33. The Morgan fingerprint density at radius 1 is 1.33 bits per heavy atom. The van der Waals surface area contributed by atoms with Crippen molar-refractivity contribution < 1.29 is 4.74 Å². The number of hydrogen-bond acceptors (Lipinski definition) is 4. The van der Waals surface area contributed by atoms with Gasteiger partial charge < -0.3 is 10.5 Å². The third-order valence-electron chi connectivity index (χ3n) is 3.70. The van der Waals surface area contributed by atoms with Crippen LogP contribution in [-0.2, 0) is 13.0 Å². The van der Waals surface area contributed by atoms with Gasteiger partial charge in [-0.3, -0.25) is 4.90 Å². The SMILES string of the molecule is NC(=S)c1ccccc1OCCN1CCc2sccc2C1. The molecule has 0 spiro atoms. The first kappa shape index (κ1) is 14.5. The van der Waals surface area contributed by atoms with Gasteiger partial charge in [0.2, 0.25) is 0 Å². The number of benzene rings is 1. The van der Waals surface area contributed by atoms with Crippen molar-refractivity contribution in [1.82, 2.24) is 4.90 Å². The molecular weight excluding hydrogens is 300 g/mol. The highest BCUT2D eigenvalue weighted by Gasteiger charge is 2.16. The molecule has 1 aliphatic rings. The summed E-state index contributed by atoms with van der Waals surface area (Å²) in [6.07, 6.45) is 1.15. The summed E-state index contributed by atoms with van der Waals surface area (Å²) in [6, 6.07) is 9.91. The van der Waals surface area contributed by atoms with Gasteiger partial charge in [0.1, 0.15) is 17.3 Å². The molecule has 21 heavy (non-hydrogen) atoms. The van der Waals surface area contributed by atoms with Gasteiger partial charge in [-0.2, -0.15) is 0 Å². The van der Waals surface area contributed by atoms with Crippen molar-refractivity contribution in [2.75, 3.05) is 19.7 Å². The van der Waals surface area contributed by atoms with E-state index in [2.05, 4.69) is 16.3 Å². The first-order chi connectivity index (χ1) is 10.2. The summed E-state index contributed by atoms with van der Waals surface area (Å²) in [4.78, 5) is 4.34. The highest BCUT2D eigenvalue weighted by Crippen LogP contribution is 2.24. The van der Waals surface area contributed by atoms with E-state index in [1.165, 1.54) is 10.4 Å². The Balaban J connectivity index is 1.54. The molecule has 1 aromatic carbocycles. The van der Waals surface area contributed by atoms with Crippen LogP contribution in [0.3, 0.4) is 0 Å². The number of nitrogens with two attached hydrogens (primary N) is 1. The number of hydrogen-bond donors (Lipinski definition) is 1. The zero-order chi connectivity index (χ0) is 14.7. The minimum atomic E-state index is 0.381. The van der Waals surface area contributed by atoms with Gasteiger partial charge in [0.05, 0.1) is 5.56 Å². The highest BCUT2D eigenvalue weighted by molar-refractivity contribution is 7.80. The van der Waals surface area contributed by atoms with Gasteiger partial charge in [0.25, 0.3) is 0 Å². The predicted molar refractivity (Wildman–Crippen MR) is 91.1 cm³/mol. The van der Waals surface area contributed by atoms with Gasteiger partial charge >= 0.3 is 0 Å². The van der Waals surface area contributed by atoms with Gasteiger partial charge in [-0.05, 0) is 35.6 Å². The topological polar surface area (TPSA) is 38.5 Å². The van der Waals surface area contributed by atoms with E-state index in [-0.39, 0.29) is 0 Å². The number of thiophene rings is 1. The molecule has 110 valence electrons. The van der Waals surface area contributed by atoms with E-state index in [4.69, 9.17) is 22.7 Å². The molecule has 3 nitrogen and oxygen atoms in total. The second kappa shape index (κ2) is 6.56. The fraction of sp³-hybridized carbons (Fsp3) is 0.312. The Morgan fingerprint density at radius 2 is 2.19 bits per heavy atom. The maximum absolute atomic E-state index is 5.86. The lowest BCUT2D eigenvalue weighted by molar-refractivity contribution is 0.197. The number of para-hydroxylation sites is 1. The van der Waals surface area contributed by atoms with Crippen molar-refractivity contribution in [2.24, 2.45) is 5.73 Å². The van der Waals surface area contributed by atoms with Gasteiger partial charge in [-0.1, -0.05) is 24.4 Å². The van der Waals surface area contributed by atoms with E-state index in [1.54, 1.807) is 0 Å². The molecule has 0 bridgehead atoms. The lowest BCUT2D eigenvalue weighted by Gasteiger charge is -2.26. The predicted octanol–water partition coefficient (Wildman–Crippen LogP) is 2.82. The standard InChI is InChI=1S/C16H18N2OS2/c17-16(20)13-3-1-2-4-14(13)19-9-8-18-7-5-15-12(11-18)6-10-21-15/h1-4,6,10H,5,7-9,11H2,(H2,17,20). The van der Waals surface area contributed by atoms with Crippen LogP contribution in [0, 0.1) is 0 Å². The number of nitrogens with zero attached hydrogens (tertiary/aromatic N) is 1. The zero-order valence-corrected chi connectivity index (χ0v) is 13.4. The smallest absolute Gasteiger partial charge is 0.129 e. The average Bonchev–Trinajstić information content (AvgIpc) is 2.95. The Morgan fingerprint density at radius 3 is 3.05 bits per heavy atom. The molecule has 1 aliphatic heterocycles. The molecule has 2 aromatic rings. The van der Waals surface area contributed by atoms with Crippen LogP contribution >= 0.6 is 23.6 Å². The Hall–Kier alpha value is -1.43. The molecule has 0 unspecified atom stereocenters. The van der Waals surface area contributed by atoms with Crippen molar-refractivity contribution in [3.8, 4) is 5.75 Å². The van der Waals surface area contributed by atoms with Crippen LogP contribution in [0.5, 0.6) is 5.75 Å². The number of rotatable bonds is 5. The Bertz CT molecular complexity index is 639. The zero-order valence-electron chi connectivity index (χ0n) is 11.7. The van der Waals surface area contributed by atoms with Crippen molar-refractivity contribution in [3.63, 3.8) is 0 Å². The normalized spacial score (nSPS) is 14.7. The van der Waals surface area contributed by atoms with E-state index in [1.807, 2.05) is 35.6 Å². The summed E-state index contributed by atoms with van der Waals surface area (Å²) in [6.45, 7) is 3.70. The van der Waals surface area contributed by atoms with Crippen LogP contribution in [0.4, 0.5) is 0 Å².